The van der Waals surface area contributed by atoms with E-state index in [1.54, 1.807) is 6.07 Å². The molecule has 0 aliphatic heterocycles. The summed E-state index contributed by atoms with van der Waals surface area (Å²) in [6, 6.07) is 4.40. The zero-order valence-electron chi connectivity index (χ0n) is 9.61. The summed E-state index contributed by atoms with van der Waals surface area (Å²) in [4.78, 5) is 0. The highest BCUT2D eigenvalue weighted by molar-refractivity contribution is 7.15. The lowest BCUT2D eigenvalue weighted by Crippen LogP contribution is -1.97. The van der Waals surface area contributed by atoms with Gasteiger partial charge in [0.15, 0.2) is 16.6 Å². The second kappa shape index (κ2) is 5.97. The van der Waals surface area contributed by atoms with Crippen LogP contribution in [0.3, 0.4) is 0 Å². The van der Waals surface area contributed by atoms with Crippen molar-refractivity contribution < 1.29 is 9.13 Å². The smallest absolute Gasteiger partial charge is 0.205 e. The van der Waals surface area contributed by atoms with Crippen LogP contribution >= 0.6 is 22.9 Å². The third kappa shape index (κ3) is 3.08. The number of nitrogens with zero attached hydrogens (tertiary/aromatic N) is 2. The van der Waals surface area contributed by atoms with E-state index in [2.05, 4.69) is 15.5 Å². The van der Waals surface area contributed by atoms with Crippen molar-refractivity contribution in [1.82, 2.24) is 10.2 Å². The lowest BCUT2D eigenvalue weighted by Gasteiger charge is -2.06. The molecule has 0 amide bonds. The molecule has 0 radical (unpaired) electrons. The Hall–Kier alpha value is -1.40. The molecule has 0 aliphatic carbocycles. The number of benzene rings is 1. The Labute approximate surface area is 113 Å². The fourth-order valence-electron chi connectivity index (χ4n) is 1.29. The molecule has 1 aromatic heterocycles. The molecule has 0 bridgehead atoms. The van der Waals surface area contributed by atoms with Gasteiger partial charge in [0.2, 0.25) is 5.13 Å². The molecule has 2 rings (SSSR count). The van der Waals surface area contributed by atoms with Crippen LogP contribution in [-0.4, -0.2) is 16.7 Å². The van der Waals surface area contributed by atoms with Crippen molar-refractivity contribution in [3.63, 3.8) is 0 Å². The number of anilines is 1. The van der Waals surface area contributed by atoms with E-state index in [-0.39, 0.29) is 17.4 Å². The van der Waals surface area contributed by atoms with Crippen molar-refractivity contribution in [3.05, 3.63) is 34.0 Å². The summed E-state index contributed by atoms with van der Waals surface area (Å²) in [5.41, 5.74) is 0. The van der Waals surface area contributed by atoms with E-state index in [0.29, 0.717) is 5.01 Å². The van der Waals surface area contributed by atoms with Crippen LogP contribution in [0.5, 0.6) is 5.75 Å². The maximum Gasteiger partial charge on any atom is 0.205 e. The monoisotopic (exact) mass is 287 g/mol. The van der Waals surface area contributed by atoms with Gasteiger partial charge in [-0.25, -0.2) is 4.39 Å². The van der Waals surface area contributed by atoms with Gasteiger partial charge in [0.1, 0.15) is 6.61 Å². The van der Waals surface area contributed by atoms with E-state index < -0.39 is 5.82 Å². The zero-order valence-corrected chi connectivity index (χ0v) is 11.2. The van der Waals surface area contributed by atoms with Crippen molar-refractivity contribution in [1.29, 1.82) is 0 Å². The normalized spacial score (nSPS) is 10.4. The molecule has 0 unspecified atom stereocenters. The van der Waals surface area contributed by atoms with Gasteiger partial charge >= 0.3 is 0 Å². The fraction of sp³-hybridized carbons (Fsp3) is 0.273. The number of halogens is 2. The van der Waals surface area contributed by atoms with Crippen LogP contribution in [0.1, 0.15) is 11.9 Å². The summed E-state index contributed by atoms with van der Waals surface area (Å²) in [6.45, 7) is 2.88. The van der Waals surface area contributed by atoms with Gasteiger partial charge in [0.25, 0.3) is 0 Å². The third-order valence-electron chi connectivity index (χ3n) is 2.05. The molecule has 0 saturated carbocycles. The predicted molar refractivity (Wildman–Crippen MR) is 69.8 cm³/mol. The van der Waals surface area contributed by atoms with Crippen molar-refractivity contribution in [2.75, 3.05) is 11.9 Å². The van der Waals surface area contributed by atoms with E-state index in [9.17, 15) is 4.39 Å². The van der Waals surface area contributed by atoms with Crippen molar-refractivity contribution in [2.24, 2.45) is 0 Å². The fourth-order valence-corrected chi connectivity index (χ4v) is 2.23. The minimum absolute atomic E-state index is 0.0411. The standard InChI is InChI=1S/C11H11ClFN3OS/c1-2-14-11-16-15-9(18-11)6-17-10-7(12)4-3-5-8(10)13/h3-5H,2,6H2,1H3,(H,14,16). The molecule has 4 nitrogen and oxygen atoms in total. The molecule has 1 aromatic carbocycles. The highest BCUT2D eigenvalue weighted by Gasteiger charge is 2.10. The molecule has 0 fully saturated rings. The zero-order chi connectivity index (χ0) is 13.0. The lowest BCUT2D eigenvalue weighted by molar-refractivity contribution is 0.289. The average Bonchev–Trinajstić information content (AvgIpc) is 2.77. The van der Waals surface area contributed by atoms with Gasteiger partial charge in [-0.05, 0) is 19.1 Å². The Bertz CT molecular complexity index is 515. The van der Waals surface area contributed by atoms with E-state index >= 15 is 0 Å². The molecule has 1 N–H and O–H groups in total. The average molecular weight is 288 g/mol. The van der Waals surface area contributed by atoms with Gasteiger partial charge in [0.05, 0.1) is 5.02 Å². The highest BCUT2D eigenvalue weighted by Crippen LogP contribution is 2.28. The summed E-state index contributed by atoms with van der Waals surface area (Å²) in [6.07, 6.45) is 0. The second-order valence-corrected chi connectivity index (χ2v) is 4.84. The largest absolute Gasteiger partial charge is 0.482 e. The van der Waals surface area contributed by atoms with Crippen LogP contribution in [0.4, 0.5) is 9.52 Å². The highest BCUT2D eigenvalue weighted by atomic mass is 35.5. The molecule has 0 spiro atoms. The molecule has 96 valence electrons. The maximum atomic E-state index is 13.4. The first-order valence-corrected chi connectivity index (χ1v) is 6.53. The van der Waals surface area contributed by atoms with Crippen LogP contribution in [0.2, 0.25) is 5.02 Å². The second-order valence-electron chi connectivity index (χ2n) is 3.37. The first-order valence-electron chi connectivity index (χ1n) is 5.33. The molecule has 18 heavy (non-hydrogen) atoms. The number of nitrogens with one attached hydrogen (secondary N) is 1. The lowest BCUT2D eigenvalue weighted by atomic mass is 10.3. The van der Waals surface area contributed by atoms with E-state index in [1.807, 2.05) is 6.92 Å². The van der Waals surface area contributed by atoms with Gasteiger partial charge in [-0.1, -0.05) is 29.0 Å². The van der Waals surface area contributed by atoms with Crippen LogP contribution in [0.25, 0.3) is 0 Å². The number of para-hydroxylation sites is 1. The molecule has 0 atom stereocenters. The minimum atomic E-state index is -0.487. The molecule has 0 aliphatic rings. The summed E-state index contributed by atoms with van der Waals surface area (Å²) in [5, 5.41) is 12.5. The minimum Gasteiger partial charge on any atom is -0.482 e. The summed E-state index contributed by atoms with van der Waals surface area (Å²) in [5.74, 6) is -0.446. The third-order valence-corrected chi connectivity index (χ3v) is 3.21. The maximum absolute atomic E-state index is 13.4. The summed E-state index contributed by atoms with van der Waals surface area (Å²) < 4.78 is 18.7. The van der Waals surface area contributed by atoms with E-state index in [1.165, 1.54) is 23.5 Å². The first-order chi connectivity index (χ1) is 8.70. The van der Waals surface area contributed by atoms with Crippen LogP contribution < -0.4 is 10.1 Å². The van der Waals surface area contributed by atoms with Gasteiger partial charge < -0.3 is 10.1 Å². The van der Waals surface area contributed by atoms with E-state index in [0.717, 1.165) is 11.7 Å². The van der Waals surface area contributed by atoms with Crippen molar-refractivity contribution in [2.45, 2.75) is 13.5 Å². The van der Waals surface area contributed by atoms with Gasteiger partial charge in [0, 0.05) is 6.54 Å². The Kier molecular flexibility index (Phi) is 4.33. The molecule has 7 heteroatoms. The van der Waals surface area contributed by atoms with Crippen molar-refractivity contribution >= 4 is 28.1 Å². The number of hydrogen-bond donors (Lipinski definition) is 1. The van der Waals surface area contributed by atoms with Crippen LogP contribution in [0.15, 0.2) is 18.2 Å². The number of hydrogen-bond acceptors (Lipinski definition) is 5. The number of rotatable bonds is 5. The SMILES string of the molecule is CCNc1nnc(COc2c(F)cccc2Cl)s1. The molecule has 0 saturated heterocycles. The van der Waals surface area contributed by atoms with Gasteiger partial charge in [-0.2, -0.15) is 0 Å². The predicted octanol–water partition coefficient (Wildman–Crippen LogP) is 3.34. The van der Waals surface area contributed by atoms with Crippen molar-refractivity contribution in [3.8, 4) is 5.75 Å². The molecular weight excluding hydrogens is 277 g/mol. The number of ether oxygens (including phenoxy) is 1. The Morgan fingerprint density at radius 3 is 3.00 bits per heavy atom. The Morgan fingerprint density at radius 1 is 1.44 bits per heavy atom. The molecular formula is C11H11ClFN3OS. The van der Waals surface area contributed by atoms with Crippen LogP contribution in [-0.2, 0) is 6.61 Å². The van der Waals surface area contributed by atoms with Gasteiger partial charge in [-0.3, -0.25) is 0 Å². The Balaban J connectivity index is 2.02. The number of aromatic nitrogens is 2. The quantitative estimate of drug-likeness (QED) is 0.916. The Morgan fingerprint density at radius 2 is 2.28 bits per heavy atom. The van der Waals surface area contributed by atoms with Gasteiger partial charge in [-0.15, -0.1) is 10.2 Å². The molecule has 2 aromatic rings. The van der Waals surface area contributed by atoms with Crippen LogP contribution in [0, 0.1) is 5.82 Å². The first kappa shape index (κ1) is 13.0. The topological polar surface area (TPSA) is 47.0 Å². The summed E-state index contributed by atoms with van der Waals surface area (Å²) >= 11 is 7.21. The molecule has 1 heterocycles. The summed E-state index contributed by atoms with van der Waals surface area (Å²) in [7, 11) is 0. The van der Waals surface area contributed by atoms with E-state index in [4.69, 9.17) is 16.3 Å².